The first-order chi connectivity index (χ1) is 12.9. The van der Waals surface area contributed by atoms with Gasteiger partial charge >= 0.3 is 0 Å². The van der Waals surface area contributed by atoms with Crippen molar-refractivity contribution in [3.05, 3.63) is 108 Å². The van der Waals surface area contributed by atoms with Gasteiger partial charge < -0.3 is 0 Å². The highest BCUT2D eigenvalue weighted by Crippen LogP contribution is 2.26. The van der Waals surface area contributed by atoms with Crippen molar-refractivity contribution in [1.29, 1.82) is 0 Å². The van der Waals surface area contributed by atoms with Gasteiger partial charge in [-0.2, -0.15) is 0 Å². The van der Waals surface area contributed by atoms with Crippen LogP contribution in [0.5, 0.6) is 0 Å². The van der Waals surface area contributed by atoms with Gasteiger partial charge in [-0.1, -0.05) is 97.1 Å². The molecule has 122 valence electrons. The molecule has 0 saturated heterocycles. The highest BCUT2D eigenvalue weighted by Gasteiger charge is 2.00. The van der Waals surface area contributed by atoms with Crippen LogP contribution in [0.2, 0.25) is 0 Å². The second-order valence-electron chi connectivity index (χ2n) is 6.71. The van der Waals surface area contributed by atoms with Crippen molar-refractivity contribution in [3.63, 3.8) is 0 Å². The average Bonchev–Trinajstić information content (AvgIpc) is 2.71. The third-order valence-electron chi connectivity index (χ3n) is 5.01. The molecule has 5 aromatic rings. The third kappa shape index (κ3) is 2.66. The van der Waals surface area contributed by atoms with E-state index in [0.29, 0.717) is 0 Å². The van der Waals surface area contributed by atoms with Gasteiger partial charge in [-0.05, 0) is 55.6 Å². The number of hydrogen-bond acceptors (Lipinski definition) is 0. The van der Waals surface area contributed by atoms with Gasteiger partial charge in [-0.3, -0.25) is 0 Å². The van der Waals surface area contributed by atoms with Gasteiger partial charge in [0, 0.05) is 0 Å². The minimum absolute atomic E-state index is 1.22. The molecular formula is C26H18. The molecule has 0 aromatic heterocycles. The normalized spacial score (nSPS) is 11.7. The SMILES string of the molecule is C(=Cc1ccc2c(ccc3ccccc32)c1)c1ccc2ccccc2c1. The summed E-state index contributed by atoms with van der Waals surface area (Å²) in [6.45, 7) is 0. The van der Waals surface area contributed by atoms with Crippen LogP contribution in [-0.4, -0.2) is 0 Å². The second kappa shape index (κ2) is 6.16. The molecule has 0 spiro atoms. The summed E-state index contributed by atoms with van der Waals surface area (Å²) >= 11 is 0. The van der Waals surface area contributed by atoms with Gasteiger partial charge in [-0.15, -0.1) is 0 Å². The van der Waals surface area contributed by atoms with Gasteiger partial charge in [0.25, 0.3) is 0 Å². The molecule has 0 nitrogen and oxygen atoms in total. The standard InChI is InChI=1S/C26H18/c1-2-7-23-17-19(11-13-21(23)5-1)9-10-20-12-16-26-24(18-20)15-14-22-6-3-4-8-25(22)26/h1-18H. The van der Waals surface area contributed by atoms with Crippen molar-refractivity contribution < 1.29 is 0 Å². The van der Waals surface area contributed by atoms with Crippen LogP contribution in [0.1, 0.15) is 11.1 Å². The van der Waals surface area contributed by atoms with Crippen LogP contribution in [0, 0.1) is 0 Å². The Hall–Kier alpha value is -3.38. The average molecular weight is 330 g/mol. The van der Waals surface area contributed by atoms with Crippen LogP contribution in [0.15, 0.2) is 97.1 Å². The van der Waals surface area contributed by atoms with Crippen LogP contribution >= 0.6 is 0 Å². The molecular weight excluding hydrogens is 312 g/mol. The Balaban J connectivity index is 1.53. The summed E-state index contributed by atoms with van der Waals surface area (Å²) in [5.41, 5.74) is 2.45. The summed E-state index contributed by atoms with van der Waals surface area (Å²) < 4.78 is 0. The number of hydrogen-bond donors (Lipinski definition) is 0. The Morgan fingerprint density at radius 1 is 0.385 bits per heavy atom. The topological polar surface area (TPSA) is 0 Å². The van der Waals surface area contributed by atoms with Crippen molar-refractivity contribution >= 4 is 44.5 Å². The van der Waals surface area contributed by atoms with Crippen molar-refractivity contribution in [1.82, 2.24) is 0 Å². The van der Waals surface area contributed by atoms with E-state index in [-0.39, 0.29) is 0 Å². The fraction of sp³-hybridized carbons (Fsp3) is 0. The first-order valence-corrected chi connectivity index (χ1v) is 8.95. The molecule has 0 N–H and O–H groups in total. The Morgan fingerprint density at radius 2 is 0.923 bits per heavy atom. The summed E-state index contributed by atoms with van der Waals surface area (Å²) in [6, 6.07) is 34.7. The van der Waals surface area contributed by atoms with E-state index in [2.05, 4.69) is 109 Å². The zero-order chi connectivity index (χ0) is 17.3. The lowest BCUT2D eigenvalue weighted by molar-refractivity contribution is 1.70. The fourth-order valence-corrected chi connectivity index (χ4v) is 3.64. The minimum Gasteiger partial charge on any atom is -0.0616 e. The quantitative estimate of drug-likeness (QED) is 0.235. The highest BCUT2D eigenvalue weighted by molar-refractivity contribution is 6.08. The molecule has 0 atom stereocenters. The summed E-state index contributed by atoms with van der Waals surface area (Å²) in [7, 11) is 0. The Labute approximate surface area is 153 Å². The first kappa shape index (κ1) is 14.9. The van der Waals surface area contributed by atoms with E-state index in [1.807, 2.05) is 0 Å². The molecule has 0 aliphatic carbocycles. The van der Waals surface area contributed by atoms with Gasteiger partial charge in [0.2, 0.25) is 0 Å². The summed E-state index contributed by atoms with van der Waals surface area (Å²) in [5, 5.41) is 7.76. The van der Waals surface area contributed by atoms with Gasteiger partial charge in [0.15, 0.2) is 0 Å². The van der Waals surface area contributed by atoms with Crippen LogP contribution in [-0.2, 0) is 0 Å². The summed E-state index contributed by atoms with van der Waals surface area (Å²) in [4.78, 5) is 0. The van der Waals surface area contributed by atoms with E-state index >= 15 is 0 Å². The predicted molar refractivity (Wildman–Crippen MR) is 114 cm³/mol. The van der Waals surface area contributed by atoms with Crippen molar-refractivity contribution in [2.24, 2.45) is 0 Å². The zero-order valence-corrected chi connectivity index (χ0v) is 14.4. The van der Waals surface area contributed by atoms with Crippen LogP contribution in [0.25, 0.3) is 44.5 Å². The predicted octanol–water partition coefficient (Wildman–Crippen LogP) is 7.32. The second-order valence-corrected chi connectivity index (χ2v) is 6.71. The molecule has 0 heteroatoms. The number of rotatable bonds is 2. The molecule has 0 radical (unpaired) electrons. The van der Waals surface area contributed by atoms with Gasteiger partial charge in [0.05, 0.1) is 0 Å². The van der Waals surface area contributed by atoms with Gasteiger partial charge in [0.1, 0.15) is 0 Å². The molecule has 26 heavy (non-hydrogen) atoms. The molecule has 0 aliphatic heterocycles. The maximum atomic E-state index is 2.26. The maximum absolute atomic E-state index is 2.26. The number of benzene rings is 5. The van der Waals surface area contributed by atoms with E-state index in [1.54, 1.807) is 0 Å². The maximum Gasteiger partial charge on any atom is -0.0105 e. The first-order valence-electron chi connectivity index (χ1n) is 8.95. The molecule has 0 saturated carbocycles. The van der Waals surface area contributed by atoms with Crippen LogP contribution < -0.4 is 0 Å². The molecule has 0 fully saturated rings. The lowest BCUT2D eigenvalue weighted by Gasteiger charge is -2.05. The highest BCUT2D eigenvalue weighted by atomic mass is 14.0. The molecule has 0 bridgehead atoms. The lowest BCUT2D eigenvalue weighted by atomic mass is 10.00. The zero-order valence-electron chi connectivity index (χ0n) is 14.4. The third-order valence-corrected chi connectivity index (χ3v) is 5.01. The lowest BCUT2D eigenvalue weighted by Crippen LogP contribution is -1.79. The van der Waals surface area contributed by atoms with E-state index in [1.165, 1.54) is 43.4 Å². The van der Waals surface area contributed by atoms with Crippen LogP contribution in [0.4, 0.5) is 0 Å². The van der Waals surface area contributed by atoms with Crippen molar-refractivity contribution in [2.75, 3.05) is 0 Å². The summed E-state index contributed by atoms with van der Waals surface area (Å²) in [6.07, 6.45) is 4.38. The fourth-order valence-electron chi connectivity index (χ4n) is 3.64. The largest absolute Gasteiger partial charge is 0.0616 e. The monoisotopic (exact) mass is 330 g/mol. The number of fused-ring (bicyclic) bond motifs is 4. The minimum atomic E-state index is 1.22. The van der Waals surface area contributed by atoms with E-state index in [9.17, 15) is 0 Å². The van der Waals surface area contributed by atoms with E-state index < -0.39 is 0 Å². The molecule has 0 heterocycles. The Morgan fingerprint density at radius 3 is 1.77 bits per heavy atom. The van der Waals surface area contributed by atoms with Crippen molar-refractivity contribution in [2.45, 2.75) is 0 Å². The smallest absolute Gasteiger partial charge is 0.0105 e. The van der Waals surface area contributed by atoms with E-state index in [0.717, 1.165) is 0 Å². The molecule has 0 unspecified atom stereocenters. The van der Waals surface area contributed by atoms with Gasteiger partial charge in [-0.25, -0.2) is 0 Å². The molecule has 5 rings (SSSR count). The Kier molecular flexibility index (Phi) is 3.54. The van der Waals surface area contributed by atoms with Crippen molar-refractivity contribution in [3.8, 4) is 0 Å². The summed E-state index contributed by atoms with van der Waals surface area (Å²) in [5.74, 6) is 0. The molecule has 0 aliphatic rings. The van der Waals surface area contributed by atoms with Crippen LogP contribution in [0.3, 0.4) is 0 Å². The molecule has 5 aromatic carbocycles. The van der Waals surface area contributed by atoms with E-state index in [4.69, 9.17) is 0 Å². The Bertz CT molecular complexity index is 1280. The molecule has 0 amide bonds.